The Morgan fingerprint density at radius 2 is 1.46 bits per heavy atom. The van der Waals surface area contributed by atoms with E-state index in [9.17, 15) is 33.6 Å². The smallest absolute Gasteiger partial charge is 0.243 e. The summed E-state index contributed by atoms with van der Waals surface area (Å²) in [7, 11) is 1.54. The number of hydrogen-bond acceptors (Lipinski definition) is 8. The van der Waals surface area contributed by atoms with Gasteiger partial charge in [0.15, 0.2) is 0 Å². The lowest BCUT2D eigenvalue weighted by molar-refractivity contribution is -0.138. The van der Waals surface area contributed by atoms with Crippen molar-refractivity contribution in [3.8, 4) is 5.75 Å². The average molecular weight is 817 g/mol. The standard InChI is InChI=1S/C43H60N8O8/c1-25(2)19-34-42(57)49-35(20-29-14-16-31(59-7)17-15-29)41(56)46-27(5)40(55)50-37(26(3)4)23-51(39(54)13-10-18-44-28(6)52)24-38(53)47-36(43(58)48-34)21-30-22-45-33-12-9-8-11-32(30)33/h8-9,11-12,14-17,22,25-27,34-37,45H,10,13,18-21,23-24H2,1-7H3,(H,44,52)(H,46,56)(H,47,53)(H,48,58)(H,49,57)(H,50,55)/t27-,34+,35+,36-,37-/m1/s1. The molecule has 4 rings (SSSR count). The van der Waals surface area contributed by atoms with Crippen LogP contribution in [0.4, 0.5) is 0 Å². The van der Waals surface area contributed by atoms with Crippen LogP contribution in [0.2, 0.25) is 0 Å². The van der Waals surface area contributed by atoms with E-state index in [1.807, 2.05) is 52.0 Å². The maximum Gasteiger partial charge on any atom is 0.243 e. The fraction of sp³-hybridized carbons (Fsp3) is 0.512. The fourth-order valence-corrected chi connectivity index (χ4v) is 6.86. The second-order valence-corrected chi connectivity index (χ2v) is 15.9. The first-order chi connectivity index (χ1) is 28.0. The van der Waals surface area contributed by atoms with Gasteiger partial charge in [-0.2, -0.15) is 0 Å². The van der Waals surface area contributed by atoms with Crippen LogP contribution in [0.3, 0.4) is 0 Å². The minimum atomic E-state index is -1.18. The Kier molecular flexibility index (Phi) is 16.9. The number of amides is 7. The van der Waals surface area contributed by atoms with Gasteiger partial charge in [-0.3, -0.25) is 33.6 Å². The van der Waals surface area contributed by atoms with E-state index in [1.165, 1.54) is 25.9 Å². The first kappa shape index (κ1) is 45.8. The van der Waals surface area contributed by atoms with Gasteiger partial charge in [-0.1, -0.05) is 58.0 Å². The maximum absolute atomic E-state index is 14.3. The van der Waals surface area contributed by atoms with Crippen molar-refractivity contribution in [1.29, 1.82) is 0 Å². The molecule has 2 heterocycles. The summed E-state index contributed by atoms with van der Waals surface area (Å²) >= 11 is 0. The van der Waals surface area contributed by atoms with E-state index >= 15 is 0 Å². The van der Waals surface area contributed by atoms with Gasteiger partial charge in [0.25, 0.3) is 0 Å². The van der Waals surface area contributed by atoms with Crippen LogP contribution in [0.5, 0.6) is 5.75 Å². The third-order valence-corrected chi connectivity index (χ3v) is 10.3. The van der Waals surface area contributed by atoms with Crippen molar-refractivity contribution in [2.45, 2.75) is 104 Å². The third kappa shape index (κ3) is 13.9. The molecule has 0 spiro atoms. The van der Waals surface area contributed by atoms with Crippen LogP contribution >= 0.6 is 0 Å². The summed E-state index contributed by atoms with van der Waals surface area (Å²) in [5.74, 6) is -3.33. The highest BCUT2D eigenvalue weighted by atomic mass is 16.5. The van der Waals surface area contributed by atoms with Gasteiger partial charge in [0, 0.05) is 62.4 Å². The Hall–Kier alpha value is -5.93. The molecule has 1 saturated heterocycles. The number of aromatic amines is 1. The number of fused-ring (bicyclic) bond motifs is 1. The van der Waals surface area contributed by atoms with Gasteiger partial charge < -0.3 is 46.5 Å². The summed E-state index contributed by atoms with van der Waals surface area (Å²) in [6.07, 6.45) is 2.38. The van der Waals surface area contributed by atoms with Gasteiger partial charge in [0.05, 0.1) is 13.7 Å². The van der Waals surface area contributed by atoms with Crippen LogP contribution in [0.15, 0.2) is 54.7 Å². The highest BCUT2D eigenvalue weighted by Crippen LogP contribution is 2.20. The number of para-hydroxylation sites is 1. The van der Waals surface area contributed by atoms with Crippen molar-refractivity contribution >= 4 is 52.3 Å². The molecule has 3 aromatic rings. The molecule has 7 amide bonds. The van der Waals surface area contributed by atoms with E-state index in [0.717, 1.165) is 16.5 Å². The second kappa shape index (κ2) is 21.7. The molecule has 16 nitrogen and oxygen atoms in total. The average Bonchev–Trinajstić information content (AvgIpc) is 3.59. The summed E-state index contributed by atoms with van der Waals surface area (Å²) in [5.41, 5.74) is 2.28. The van der Waals surface area contributed by atoms with Crippen LogP contribution in [-0.2, 0) is 46.4 Å². The van der Waals surface area contributed by atoms with Gasteiger partial charge in [0.1, 0.15) is 29.9 Å². The van der Waals surface area contributed by atoms with Crippen LogP contribution < -0.4 is 36.6 Å². The molecule has 7 N–H and O–H groups in total. The van der Waals surface area contributed by atoms with E-state index in [2.05, 4.69) is 36.9 Å². The van der Waals surface area contributed by atoms with E-state index < -0.39 is 72.2 Å². The number of carbonyl (C=O) groups is 7. The predicted molar refractivity (Wildman–Crippen MR) is 223 cm³/mol. The quantitative estimate of drug-likeness (QED) is 0.134. The summed E-state index contributed by atoms with van der Waals surface area (Å²) in [6.45, 7) is 10.2. The highest BCUT2D eigenvalue weighted by Gasteiger charge is 2.34. The number of nitrogens with zero attached hydrogens (tertiary/aromatic N) is 1. The molecule has 1 aliphatic rings. The Labute approximate surface area is 345 Å². The van der Waals surface area contributed by atoms with Gasteiger partial charge in [-0.25, -0.2) is 0 Å². The van der Waals surface area contributed by atoms with Crippen molar-refractivity contribution in [3.05, 3.63) is 65.9 Å². The summed E-state index contributed by atoms with van der Waals surface area (Å²) < 4.78 is 5.28. The predicted octanol–water partition coefficient (Wildman–Crippen LogP) is 1.87. The lowest BCUT2D eigenvalue weighted by Gasteiger charge is -2.32. The van der Waals surface area contributed by atoms with Gasteiger partial charge >= 0.3 is 0 Å². The SMILES string of the molecule is COc1ccc(C[C@@H]2NC(=O)[C@H](CC(C)C)NC(=O)[C@@H](Cc3c[nH]c4ccccc34)NC(=O)CN(C(=O)CCCNC(C)=O)C[C@H](C(C)C)NC(=O)[C@@H](C)NC2=O)cc1. The molecule has 1 aliphatic heterocycles. The largest absolute Gasteiger partial charge is 0.497 e. The first-order valence-corrected chi connectivity index (χ1v) is 20.3. The molecule has 0 aliphatic carbocycles. The van der Waals surface area contributed by atoms with Crippen molar-refractivity contribution in [2.75, 3.05) is 26.7 Å². The summed E-state index contributed by atoms with van der Waals surface area (Å²) in [4.78, 5) is 99.9. The second-order valence-electron chi connectivity index (χ2n) is 15.9. The molecule has 1 fully saturated rings. The molecule has 320 valence electrons. The molecule has 0 bridgehead atoms. The van der Waals surface area contributed by atoms with Crippen LogP contribution in [-0.4, -0.2) is 108 Å². The summed E-state index contributed by atoms with van der Waals surface area (Å²) in [6, 6.07) is 9.40. The molecule has 16 heteroatoms. The molecule has 0 unspecified atom stereocenters. The lowest BCUT2D eigenvalue weighted by atomic mass is 9.99. The highest BCUT2D eigenvalue weighted by molar-refractivity contribution is 5.96. The zero-order chi connectivity index (χ0) is 43.2. The summed E-state index contributed by atoms with van der Waals surface area (Å²) in [5, 5.41) is 17.7. The van der Waals surface area contributed by atoms with E-state index in [-0.39, 0.29) is 56.5 Å². The monoisotopic (exact) mass is 816 g/mol. The van der Waals surface area contributed by atoms with Gasteiger partial charge in [0.2, 0.25) is 41.4 Å². The third-order valence-electron chi connectivity index (χ3n) is 10.3. The molecule has 1 aromatic heterocycles. The normalized spacial score (nSPS) is 21.5. The number of methoxy groups -OCH3 is 1. The topological polar surface area (TPSA) is 220 Å². The zero-order valence-electron chi connectivity index (χ0n) is 35.1. The number of hydrogen-bond donors (Lipinski definition) is 7. The lowest BCUT2D eigenvalue weighted by Crippen LogP contribution is -2.60. The Morgan fingerprint density at radius 1 is 0.814 bits per heavy atom. The Morgan fingerprint density at radius 3 is 2.12 bits per heavy atom. The maximum atomic E-state index is 14.3. The Balaban J connectivity index is 1.74. The number of nitrogens with one attached hydrogen (secondary N) is 7. The van der Waals surface area contributed by atoms with Gasteiger partial charge in [-0.05, 0) is 60.9 Å². The van der Waals surface area contributed by atoms with Gasteiger partial charge in [-0.15, -0.1) is 0 Å². The number of rotatable bonds is 12. The molecular weight excluding hydrogens is 757 g/mol. The number of aromatic nitrogens is 1. The molecule has 5 atom stereocenters. The van der Waals surface area contributed by atoms with E-state index in [0.29, 0.717) is 17.7 Å². The number of H-pyrrole nitrogens is 1. The minimum absolute atomic E-state index is 0.000383. The molecular formula is C43H60N8O8. The number of carbonyl (C=O) groups excluding carboxylic acids is 7. The van der Waals surface area contributed by atoms with Crippen molar-refractivity contribution < 1.29 is 38.3 Å². The molecule has 2 aromatic carbocycles. The van der Waals surface area contributed by atoms with Crippen molar-refractivity contribution in [1.82, 2.24) is 41.8 Å². The Bertz CT molecular complexity index is 1940. The fourth-order valence-electron chi connectivity index (χ4n) is 6.86. The van der Waals surface area contributed by atoms with Crippen molar-refractivity contribution in [3.63, 3.8) is 0 Å². The van der Waals surface area contributed by atoms with Crippen LogP contribution in [0.1, 0.15) is 71.9 Å². The number of benzene rings is 2. The van der Waals surface area contributed by atoms with E-state index in [1.54, 1.807) is 30.5 Å². The van der Waals surface area contributed by atoms with E-state index in [4.69, 9.17) is 4.74 Å². The number of ether oxygens (including phenoxy) is 1. The molecule has 0 saturated carbocycles. The van der Waals surface area contributed by atoms with Crippen LogP contribution in [0, 0.1) is 11.8 Å². The minimum Gasteiger partial charge on any atom is -0.497 e. The molecule has 0 radical (unpaired) electrons. The molecule has 59 heavy (non-hydrogen) atoms. The first-order valence-electron chi connectivity index (χ1n) is 20.3. The zero-order valence-corrected chi connectivity index (χ0v) is 35.1. The van der Waals surface area contributed by atoms with Crippen LogP contribution in [0.25, 0.3) is 10.9 Å². The van der Waals surface area contributed by atoms with Crippen molar-refractivity contribution in [2.24, 2.45) is 11.8 Å².